The van der Waals surface area contributed by atoms with E-state index in [9.17, 15) is 18.8 Å². The summed E-state index contributed by atoms with van der Waals surface area (Å²) in [6, 6.07) is 11.2. The molecule has 0 bridgehead atoms. The highest BCUT2D eigenvalue weighted by Crippen LogP contribution is 2.33. The van der Waals surface area contributed by atoms with Gasteiger partial charge in [0, 0.05) is 44.0 Å². The molecule has 208 valence electrons. The molecule has 2 saturated heterocycles. The van der Waals surface area contributed by atoms with Crippen LogP contribution in [0.25, 0.3) is 0 Å². The Morgan fingerprint density at radius 3 is 2.67 bits per heavy atom. The van der Waals surface area contributed by atoms with Gasteiger partial charge in [-0.2, -0.15) is 0 Å². The molecule has 5 rings (SSSR count). The highest BCUT2D eigenvalue weighted by atomic mass is 19.1. The van der Waals surface area contributed by atoms with Crippen LogP contribution in [0.4, 0.5) is 10.1 Å². The van der Waals surface area contributed by atoms with E-state index in [0.29, 0.717) is 61.5 Å². The first kappa shape index (κ1) is 27.1. The van der Waals surface area contributed by atoms with Crippen molar-refractivity contribution in [2.24, 2.45) is 5.92 Å². The Hall–Kier alpha value is -3.50. The summed E-state index contributed by atoms with van der Waals surface area (Å²) in [6.45, 7) is 1.47. The molecule has 3 amide bonds. The van der Waals surface area contributed by atoms with E-state index in [0.717, 1.165) is 0 Å². The summed E-state index contributed by atoms with van der Waals surface area (Å²) in [5.41, 5.74) is 1.36. The minimum absolute atomic E-state index is 0.0736. The molecule has 0 radical (unpaired) electrons. The number of nitrogens with one attached hydrogen (secondary N) is 2. The number of likely N-dealkylation sites (N-methyl/N-ethyl adjacent to an activating group) is 1. The Balaban J connectivity index is 1.20. The predicted molar refractivity (Wildman–Crippen MR) is 141 cm³/mol. The van der Waals surface area contributed by atoms with Crippen LogP contribution in [0.1, 0.15) is 48.0 Å². The summed E-state index contributed by atoms with van der Waals surface area (Å²) in [4.78, 5) is 40.3. The molecule has 0 unspecified atom stereocenters. The Morgan fingerprint density at radius 2 is 1.87 bits per heavy atom. The molecule has 3 heterocycles. The second-order valence-electron chi connectivity index (χ2n) is 10.3. The fraction of sp³-hybridized carbons (Fsp3) is 0.483. The van der Waals surface area contributed by atoms with Crippen LogP contribution < -0.4 is 15.4 Å². The Labute approximate surface area is 227 Å². The van der Waals surface area contributed by atoms with Crippen molar-refractivity contribution in [1.82, 2.24) is 10.2 Å². The van der Waals surface area contributed by atoms with Crippen molar-refractivity contribution in [2.45, 2.75) is 56.9 Å². The molecule has 2 aromatic rings. The Kier molecular flexibility index (Phi) is 8.42. The minimum Gasteiger partial charge on any atom is -0.490 e. The molecule has 2 N–H and O–H groups in total. The number of anilines is 1. The Morgan fingerprint density at radius 1 is 1.08 bits per heavy atom. The molecule has 2 aromatic carbocycles. The van der Waals surface area contributed by atoms with Gasteiger partial charge in [-0.05, 0) is 49.9 Å². The van der Waals surface area contributed by atoms with Gasteiger partial charge in [0.1, 0.15) is 24.3 Å². The van der Waals surface area contributed by atoms with E-state index in [4.69, 9.17) is 14.2 Å². The van der Waals surface area contributed by atoms with E-state index >= 15 is 0 Å². The lowest BCUT2D eigenvalue weighted by Crippen LogP contribution is -2.53. The third-order valence-corrected chi connectivity index (χ3v) is 7.72. The number of hydrogen-bond acceptors (Lipinski definition) is 6. The summed E-state index contributed by atoms with van der Waals surface area (Å²) in [5, 5.41) is 5.69. The number of nitrogens with zero attached hydrogens (tertiary/aromatic N) is 1. The number of hydrogen-bond donors (Lipinski definition) is 2. The van der Waals surface area contributed by atoms with Gasteiger partial charge in [-0.1, -0.05) is 18.2 Å². The molecule has 3 aliphatic heterocycles. The van der Waals surface area contributed by atoms with Gasteiger partial charge >= 0.3 is 0 Å². The van der Waals surface area contributed by atoms with Gasteiger partial charge in [-0.15, -0.1) is 0 Å². The molecule has 2 fully saturated rings. The number of benzene rings is 2. The van der Waals surface area contributed by atoms with Crippen LogP contribution in [0, 0.1) is 11.7 Å². The zero-order chi connectivity index (χ0) is 27.4. The first-order chi connectivity index (χ1) is 18.9. The van der Waals surface area contributed by atoms with Crippen LogP contribution in [0.3, 0.4) is 0 Å². The third kappa shape index (κ3) is 6.39. The summed E-state index contributed by atoms with van der Waals surface area (Å²) in [5.74, 6) is -0.559. The molecule has 0 saturated carbocycles. The highest BCUT2D eigenvalue weighted by Gasteiger charge is 2.39. The van der Waals surface area contributed by atoms with Crippen LogP contribution in [0.2, 0.25) is 0 Å². The zero-order valence-electron chi connectivity index (χ0n) is 22.0. The largest absolute Gasteiger partial charge is 0.490 e. The molecule has 39 heavy (non-hydrogen) atoms. The maximum atomic E-state index is 13.8. The van der Waals surface area contributed by atoms with Gasteiger partial charge in [-0.3, -0.25) is 14.4 Å². The quantitative estimate of drug-likeness (QED) is 0.584. The van der Waals surface area contributed by atoms with Gasteiger partial charge in [-0.25, -0.2) is 4.39 Å². The van der Waals surface area contributed by atoms with Crippen LogP contribution in [0.5, 0.6) is 5.75 Å². The predicted octanol–water partition coefficient (Wildman–Crippen LogP) is 3.28. The van der Waals surface area contributed by atoms with Gasteiger partial charge in [0.2, 0.25) is 11.8 Å². The molecular formula is C29H34FN3O6. The summed E-state index contributed by atoms with van der Waals surface area (Å²) in [6.07, 6.45) is 2.01. The van der Waals surface area contributed by atoms with E-state index in [1.807, 2.05) is 0 Å². The number of carbonyl (C=O) groups is 3. The summed E-state index contributed by atoms with van der Waals surface area (Å²) >= 11 is 0. The molecular weight excluding hydrogens is 505 g/mol. The summed E-state index contributed by atoms with van der Waals surface area (Å²) < 4.78 is 31.4. The standard InChI is InChI=1S/C29H34FN3O6/c1-33-24-8-7-21(15-27(34)31-16-19-4-2-3-5-23(19)30)39-26(24)17-38-25-9-6-20(14-22(25)29(33)36)32-28(35)18-10-12-37-13-11-18/h2-6,9,14,18,21,24,26H,7-8,10-13,15-17H2,1H3,(H,31,34)(H,32,35)/t21-,24-,26-/m1/s1. The molecule has 3 aliphatic rings. The Bertz CT molecular complexity index is 1220. The fourth-order valence-electron chi connectivity index (χ4n) is 5.42. The average molecular weight is 540 g/mol. The third-order valence-electron chi connectivity index (χ3n) is 7.72. The lowest BCUT2D eigenvalue weighted by atomic mass is 9.94. The van der Waals surface area contributed by atoms with Crippen molar-refractivity contribution in [3.8, 4) is 5.75 Å². The van der Waals surface area contributed by atoms with Crippen LogP contribution >= 0.6 is 0 Å². The lowest BCUT2D eigenvalue weighted by Gasteiger charge is -2.42. The lowest BCUT2D eigenvalue weighted by molar-refractivity contribution is -0.134. The molecule has 10 heteroatoms. The van der Waals surface area contributed by atoms with Crippen LogP contribution in [-0.2, 0) is 25.6 Å². The first-order valence-corrected chi connectivity index (χ1v) is 13.5. The number of halogens is 1. The van der Waals surface area contributed by atoms with E-state index in [1.54, 1.807) is 48.3 Å². The number of ether oxygens (including phenoxy) is 3. The molecule has 9 nitrogen and oxygen atoms in total. The van der Waals surface area contributed by atoms with Crippen LogP contribution in [0.15, 0.2) is 42.5 Å². The molecule has 0 aromatic heterocycles. The number of rotatable bonds is 6. The van der Waals surface area contributed by atoms with Crippen molar-refractivity contribution < 1.29 is 33.0 Å². The monoisotopic (exact) mass is 539 g/mol. The van der Waals surface area contributed by atoms with E-state index in [-0.39, 0.29) is 61.2 Å². The second-order valence-corrected chi connectivity index (χ2v) is 10.3. The first-order valence-electron chi connectivity index (χ1n) is 13.5. The molecule has 3 atom stereocenters. The maximum Gasteiger partial charge on any atom is 0.257 e. The highest BCUT2D eigenvalue weighted by molar-refractivity contribution is 6.00. The molecule has 0 spiro atoms. The topological polar surface area (TPSA) is 106 Å². The van der Waals surface area contributed by atoms with Gasteiger partial charge in [0.05, 0.1) is 24.1 Å². The molecule has 0 aliphatic carbocycles. The zero-order valence-corrected chi connectivity index (χ0v) is 22.0. The normalized spacial score (nSPS) is 23.5. The van der Waals surface area contributed by atoms with Gasteiger partial charge < -0.3 is 29.7 Å². The van der Waals surface area contributed by atoms with Gasteiger partial charge in [0.25, 0.3) is 5.91 Å². The fourth-order valence-corrected chi connectivity index (χ4v) is 5.42. The summed E-state index contributed by atoms with van der Waals surface area (Å²) in [7, 11) is 1.74. The smallest absolute Gasteiger partial charge is 0.257 e. The number of fused-ring (bicyclic) bond motifs is 2. The number of amides is 3. The van der Waals surface area contributed by atoms with E-state index < -0.39 is 6.10 Å². The van der Waals surface area contributed by atoms with Gasteiger partial charge in [0.15, 0.2) is 0 Å². The van der Waals surface area contributed by atoms with E-state index in [1.165, 1.54) is 6.07 Å². The van der Waals surface area contributed by atoms with Crippen molar-refractivity contribution in [3.63, 3.8) is 0 Å². The second kappa shape index (κ2) is 12.1. The maximum absolute atomic E-state index is 13.8. The minimum atomic E-state index is -0.405. The van der Waals surface area contributed by atoms with E-state index in [2.05, 4.69) is 10.6 Å². The number of carbonyl (C=O) groups excluding carboxylic acids is 3. The average Bonchev–Trinajstić information content (AvgIpc) is 2.95. The van der Waals surface area contributed by atoms with Crippen molar-refractivity contribution in [1.29, 1.82) is 0 Å². The van der Waals surface area contributed by atoms with Crippen molar-refractivity contribution in [2.75, 3.05) is 32.2 Å². The van der Waals surface area contributed by atoms with Crippen molar-refractivity contribution in [3.05, 3.63) is 59.4 Å². The van der Waals surface area contributed by atoms with Crippen molar-refractivity contribution >= 4 is 23.4 Å². The SMILES string of the molecule is CN1C(=O)c2cc(NC(=O)C3CCOCC3)ccc2OC[C@H]2O[C@@H](CC(=O)NCc3ccccc3F)CC[C@H]21. The van der Waals surface area contributed by atoms with Crippen LogP contribution in [-0.4, -0.2) is 67.7 Å².